The minimum Gasteiger partial charge on any atom is -0.207 e. The molecule has 0 nitrogen and oxygen atoms in total. The predicted octanol–water partition coefficient (Wildman–Crippen LogP) is 2.71. The molecule has 8 heavy (non-hydrogen) atoms. The molecule has 50 valence electrons. The van der Waals surface area contributed by atoms with E-state index >= 15 is 0 Å². The topological polar surface area (TPSA) is 0 Å². The van der Waals surface area contributed by atoms with Crippen LogP contribution in [0.15, 0.2) is 0 Å². The highest BCUT2D eigenvalue weighted by Crippen LogP contribution is 2.24. The van der Waals surface area contributed by atoms with Crippen molar-refractivity contribution in [2.24, 2.45) is 5.92 Å². The molecule has 0 fully saturated rings. The number of hydrogen-bond donors (Lipinski definition) is 0. The summed E-state index contributed by atoms with van der Waals surface area (Å²) in [5.74, 6) is -3.00. The zero-order valence-electron chi connectivity index (χ0n) is 4.92. The zero-order chi connectivity index (χ0) is 6.78. The van der Waals surface area contributed by atoms with E-state index in [1.54, 1.807) is 6.92 Å². The first-order valence-corrected chi connectivity index (χ1v) is 3.95. The van der Waals surface area contributed by atoms with Crippen LogP contribution in [0.3, 0.4) is 0 Å². The molecule has 0 aliphatic rings. The molecule has 0 aliphatic heterocycles. The third-order valence-electron chi connectivity index (χ3n) is 1.10. The van der Waals surface area contributed by atoms with Gasteiger partial charge in [0.2, 0.25) is 5.92 Å². The highest BCUT2D eigenvalue weighted by atomic mass is 127. The van der Waals surface area contributed by atoms with Crippen LogP contribution < -0.4 is 0 Å². The van der Waals surface area contributed by atoms with Crippen LogP contribution in [0.1, 0.15) is 13.8 Å². The van der Waals surface area contributed by atoms with E-state index < -0.39 is 11.8 Å². The van der Waals surface area contributed by atoms with Crippen molar-refractivity contribution >= 4 is 22.6 Å². The molecule has 0 aliphatic carbocycles. The van der Waals surface area contributed by atoms with Gasteiger partial charge in [-0.1, -0.05) is 29.5 Å². The first-order chi connectivity index (χ1) is 3.48. The van der Waals surface area contributed by atoms with Gasteiger partial charge in [-0.05, 0) is 6.92 Å². The smallest absolute Gasteiger partial charge is 0.207 e. The lowest BCUT2D eigenvalue weighted by Gasteiger charge is -2.15. The number of hydrogen-bond acceptors (Lipinski definition) is 0. The fourth-order valence-electron chi connectivity index (χ4n) is 0.135. The van der Waals surface area contributed by atoms with Crippen LogP contribution in [0, 0.1) is 5.92 Å². The van der Waals surface area contributed by atoms with Gasteiger partial charge in [0, 0.05) is 10.3 Å². The summed E-state index contributed by atoms with van der Waals surface area (Å²) in [5, 5.41) is 0. The van der Waals surface area contributed by atoms with Gasteiger partial charge < -0.3 is 0 Å². The van der Waals surface area contributed by atoms with Crippen molar-refractivity contribution in [3.63, 3.8) is 0 Å². The SMILES string of the molecule is CC(CI)C(C)(F)F. The summed E-state index contributed by atoms with van der Waals surface area (Å²) >= 11 is 1.96. The number of alkyl halides is 3. The summed E-state index contributed by atoms with van der Waals surface area (Å²) in [6.07, 6.45) is 0. The molecule has 1 unspecified atom stereocenters. The highest BCUT2D eigenvalue weighted by molar-refractivity contribution is 14.1. The van der Waals surface area contributed by atoms with Crippen molar-refractivity contribution in [2.45, 2.75) is 19.8 Å². The van der Waals surface area contributed by atoms with Crippen molar-refractivity contribution in [3.05, 3.63) is 0 Å². The van der Waals surface area contributed by atoms with Crippen LogP contribution in [-0.2, 0) is 0 Å². The lowest BCUT2D eigenvalue weighted by molar-refractivity contribution is -0.0221. The Morgan fingerprint density at radius 1 is 1.62 bits per heavy atom. The Bertz CT molecular complexity index is 67.3. The monoisotopic (exact) mass is 234 g/mol. The molecule has 0 amide bonds. The van der Waals surface area contributed by atoms with Crippen molar-refractivity contribution in [1.29, 1.82) is 0 Å². The standard InChI is InChI=1S/C5H9F2I/c1-4(3-8)5(2,6)7/h4H,3H2,1-2H3. The van der Waals surface area contributed by atoms with Gasteiger partial charge in [-0.2, -0.15) is 0 Å². The summed E-state index contributed by atoms with van der Waals surface area (Å²) in [7, 11) is 0. The average molecular weight is 234 g/mol. The minimum absolute atomic E-state index is 0.497. The van der Waals surface area contributed by atoms with Crippen molar-refractivity contribution in [1.82, 2.24) is 0 Å². The first-order valence-electron chi connectivity index (χ1n) is 2.42. The Morgan fingerprint density at radius 3 is 2.00 bits per heavy atom. The van der Waals surface area contributed by atoms with Gasteiger partial charge >= 0.3 is 0 Å². The molecule has 0 radical (unpaired) electrons. The van der Waals surface area contributed by atoms with E-state index in [1.807, 2.05) is 22.6 Å². The van der Waals surface area contributed by atoms with Gasteiger partial charge in [-0.25, -0.2) is 8.78 Å². The van der Waals surface area contributed by atoms with Crippen LogP contribution in [0.5, 0.6) is 0 Å². The van der Waals surface area contributed by atoms with E-state index in [-0.39, 0.29) is 0 Å². The molecule has 0 aromatic heterocycles. The maximum atomic E-state index is 12.1. The van der Waals surface area contributed by atoms with E-state index in [2.05, 4.69) is 0 Å². The Morgan fingerprint density at radius 2 is 2.00 bits per heavy atom. The fourth-order valence-corrected chi connectivity index (χ4v) is 0.909. The molecule has 0 heterocycles. The van der Waals surface area contributed by atoms with Gasteiger partial charge in [-0.3, -0.25) is 0 Å². The zero-order valence-corrected chi connectivity index (χ0v) is 7.08. The Kier molecular flexibility index (Phi) is 3.16. The Labute approximate surface area is 61.8 Å². The average Bonchev–Trinajstić information content (AvgIpc) is 1.62. The maximum absolute atomic E-state index is 12.1. The molecule has 0 aromatic carbocycles. The van der Waals surface area contributed by atoms with E-state index in [0.717, 1.165) is 6.92 Å². The summed E-state index contributed by atoms with van der Waals surface area (Å²) in [5.41, 5.74) is 0. The van der Waals surface area contributed by atoms with Crippen molar-refractivity contribution in [3.8, 4) is 0 Å². The highest BCUT2D eigenvalue weighted by Gasteiger charge is 2.28. The maximum Gasteiger partial charge on any atom is 0.248 e. The summed E-state index contributed by atoms with van der Waals surface area (Å²) in [6, 6.07) is 0. The largest absolute Gasteiger partial charge is 0.248 e. The quantitative estimate of drug-likeness (QED) is 0.509. The lowest BCUT2D eigenvalue weighted by atomic mass is 10.1. The van der Waals surface area contributed by atoms with E-state index in [0.29, 0.717) is 4.43 Å². The molecular weight excluding hydrogens is 225 g/mol. The van der Waals surface area contributed by atoms with Crippen LogP contribution >= 0.6 is 22.6 Å². The first kappa shape index (κ1) is 8.59. The molecule has 0 saturated heterocycles. The van der Waals surface area contributed by atoms with Crippen LogP contribution in [0.4, 0.5) is 8.78 Å². The Balaban J connectivity index is 3.62. The lowest BCUT2D eigenvalue weighted by Crippen LogP contribution is -2.22. The number of rotatable bonds is 2. The third-order valence-corrected chi connectivity index (χ3v) is 2.42. The summed E-state index contributed by atoms with van der Waals surface area (Å²) in [6.45, 7) is 2.50. The van der Waals surface area contributed by atoms with Crippen LogP contribution in [0.2, 0.25) is 0 Å². The molecule has 0 saturated carbocycles. The van der Waals surface area contributed by atoms with Gasteiger partial charge in [-0.15, -0.1) is 0 Å². The second-order valence-corrected chi connectivity index (χ2v) is 2.89. The van der Waals surface area contributed by atoms with Crippen LogP contribution in [0.25, 0.3) is 0 Å². The molecule has 0 aromatic rings. The summed E-state index contributed by atoms with van der Waals surface area (Å²) < 4.78 is 24.7. The van der Waals surface area contributed by atoms with Crippen LogP contribution in [-0.4, -0.2) is 10.4 Å². The fraction of sp³-hybridized carbons (Fsp3) is 1.00. The molecule has 3 heteroatoms. The van der Waals surface area contributed by atoms with Crippen molar-refractivity contribution in [2.75, 3.05) is 4.43 Å². The van der Waals surface area contributed by atoms with E-state index in [4.69, 9.17) is 0 Å². The molecule has 0 bridgehead atoms. The Hall–Kier alpha value is 0.590. The molecule has 0 rings (SSSR count). The predicted molar refractivity (Wildman–Crippen MR) is 38.7 cm³/mol. The summed E-state index contributed by atoms with van der Waals surface area (Å²) in [4.78, 5) is 0. The molecule has 0 spiro atoms. The second kappa shape index (κ2) is 2.94. The van der Waals surface area contributed by atoms with E-state index in [1.165, 1.54) is 0 Å². The van der Waals surface area contributed by atoms with Gasteiger partial charge in [0.1, 0.15) is 0 Å². The van der Waals surface area contributed by atoms with Gasteiger partial charge in [0.25, 0.3) is 0 Å². The van der Waals surface area contributed by atoms with Gasteiger partial charge in [0.15, 0.2) is 0 Å². The third kappa shape index (κ3) is 2.79. The molecule has 0 N–H and O–H groups in total. The second-order valence-electron chi connectivity index (χ2n) is 2.01. The van der Waals surface area contributed by atoms with Crippen molar-refractivity contribution < 1.29 is 8.78 Å². The van der Waals surface area contributed by atoms with E-state index in [9.17, 15) is 8.78 Å². The minimum atomic E-state index is -2.50. The number of halogens is 3. The van der Waals surface area contributed by atoms with Gasteiger partial charge in [0.05, 0.1) is 0 Å². The molecular formula is C5H9F2I. The normalized spacial score (nSPS) is 16.1. The molecule has 1 atom stereocenters.